The van der Waals surface area contributed by atoms with Crippen molar-refractivity contribution in [3.63, 3.8) is 0 Å². The number of benzene rings is 1. The van der Waals surface area contributed by atoms with E-state index < -0.39 is 5.97 Å². The van der Waals surface area contributed by atoms with Gasteiger partial charge in [0.25, 0.3) is 0 Å². The lowest BCUT2D eigenvalue weighted by Gasteiger charge is -2.07. The van der Waals surface area contributed by atoms with E-state index in [1.807, 2.05) is 0 Å². The van der Waals surface area contributed by atoms with Gasteiger partial charge in [0.05, 0.1) is 24.3 Å². The molecule has 1 N–H and O–H groups in total. The molecule has 1 heterocycles. The normalized spacial score (nSPS) is 10.4. The van der Waals surface area contributed by atoms with Crippen LogP contribution in [0.25, 0.3) is 11.4 Å². The second-order valence-electron chi connectivity index (χ2n) is 4.10. The summed E-state index contributed by atoms with van der Waals surface area (Å²) in [6.07, 6.45) is 0. The predicted molar refractivity (Wildman–Crippen MR) is 76.3 cm³/mol. The maximum absolute atomic E-state index is 11.8. The molecule has 2 aromatic rings. The zero-order valence-corrected chi connectivity index (χ0v) is 12.2. The number of H-pyrrole nitrogens is 1. The minimum Gasteiger partial charge on any atom is -0.496 e. The molecule has 0 unspecified atom stereocenters. The Balaban J connectivity index is 2.50. The van der Waals surface area contributed by atoms with Crippen molar-refractivity contribution in [2.45, 2.75) is 13.8 Å². The number of nitrogens with one attached hydrogen (secondary N) is 1. The highest BCUT2D eigenvalue weighted by Crippen LogP contribution is 2.35. The molecule has 0 aliphatic carbocycles. The van der Waals surface area contributed by atoms with E-state index in [0.29, 0.717) is 34.5 Å². The van der Waals surface area contributed by atoms with Crippen LogP contribution in [-0.2, 0) is 4.74 Å². The first-order valence-electron chi connectivity index (χ1n) is 6.15. The minimum absolute atomic E-state index is 0.254. The second-order valence-corrected chi connectivity index (χ2v) is 4.50. The summed E-state index contributed by atoms with van der Waals surface area (Å²) in [5.74, 6) is 0.605. The molecule has 0 spiro atoms. The lowest BCUT2D eigenvalue weighted by atomic mass is 10.2. The number of hydrogen-bond acceptors (Lipinski definition) is 4. The number of carbonyl (C=O) groups excluding carboxylic acids is 1. The molecule has 1 aromatic heterocycles. The van der Waals surface area contributed by atoms with Gasteiger partial charge in [0.2, 0.25) is 0 Å². The molecular weight excluding hydrogens is 280 g/mol. The molecule has 5 nitrogen and oxygen atoms in total. The SMILES string of the molecule is CCOC(=O)c1nc(-c2c(Cl)cccc2OC)[nH]c1C. The molecule has 0 atom stereocenters. The van der Waals surface area contributed by atoms with Crippen molar-refractivity contribution in [2.75, 3.05) is 13.7 Å². The van der Waals surface area contributed by atoms with Crippen molar-refractivity contribution in [3.8, 4) is 17.1 Å². The highest BCUT2D eigenvalue weighted by atomic mass is 35.5. The third-order valence-electron chi connectivity index (χ3n) is 2.79. The summed E-state index contributed by atoms with van der Waals surface area (Å²) in [7, 11) is 1.55. The van der Waals surface area contributed by atoms with Gasteiger partial charge in [0.1, 0.15) is 11.6 Å². The van der Waals surface area contributed by atoms with Crippen LogP contribution in [0.2, 0.25) is 5.02 Å². The third-order valence-corrected chi connectivity index (χ3v) is 3.10. The van der Waals surface area contributed by atoms with Crippen molar-refractivity contribution < 1.29 is 14.3 Å². The lowest BCUT2D eigenvalue weighted by molar-refractivity contribution is 0.0519. The van der Waals surface area contributed by atoms with E-state index in [9.17, 15) is 4.79 Å². The number of imidazole rings is 1. The number of nitrogens with zero attached hydrogens (tertiary/aromatic N) is 1. The molecule has 1 aromatic carbocycles. The fraction of sp³-hybridized carbons (Fsp3) is 0.286. The van der Waals surface area contributed by atoms with E-state index in [4.69, 9.17) is 21.1 Å². The molecule has 2 rings (SSSR count). The molecule has 20 heavy (non-hydrogen) atoms. The van der Waals surface area contributed by atoms with Crippen LogP contribution in [0.15, 0.2) is 18.2 Å². The Bertz CT molecular complexity index is 637. The van der Waals surface area contributed by atoms with Crippen molar-refractivity contribution in [2.24, 2.45) is 0 Å². The number of aromatic amines is 1. The van der Waals surface area contributed by atoms with E-state index in [-0.39, 0.29) is 5.69 Å². The van der Waals surface area contributed by atoms with Gasteiger partial charge in [-0.15, -0.1) is 0 Å². The van der Waals surface area contributed by atoms with Crippen LogP contribution in [0, 0.1) is 6.92 Å². The number of aryl methyl sites for hydroxylation is 1. The van der Waals surface area contributed by atoms with Crippen LogP contribution < -0.4 is 4.74 Å². The van der Waals surface area contributed by atoms with Gasteiger partial charge in [-0.3, -0.25) is 0 Å². The van der Waals surface area contributed by atoms with Crippen LogP contribution >= 0.6 is 11.6 Å². The zero-order valence-electron chi connectivity index (χ0n) is 11.5. The third kappa shape index (κ3) is 2.63. The molecular formula is C14H15ClN2O3. The summed E-state index contributed by atoms with van der Waals surface area (Å²) in [6, 6.07) is 5.30. The Morgan fingerprint density at radius 3 is 2.85 bits per heavy atom. The van der Waals surface area contributed by atoms with Gasteiger partial charge in [0.15, 0.2) is 5.69 Å². The fourth-order valence-electron chi connectivity index (χ4n) is 1.88. The molecule has 0 radical (unpaired) electrons. The number of esters is 1. The number of halogens is 1. The maximum Gasteiger partial charge on any atom is 0.358 e. The summed E-state index contributed by atoms with van der Waals surface area (Å²) in [5.41, 5.74) is 1.50. The predicted octanol–water partition coefficient (Wildman–Crippen LogP) is 3.22. The maximum atomic E-state index is 11.8. The smallest absolute Gasteiger partial charge is 0.358 e. The number of carbonyl (C=O) groups is 1. The highest BCUT2D eigenvalue weighted by Gasteiger charge is 2.20. The largest absolute Gasteiger partial charge is 0.496 e. The number of ether oxygens (including phenoxy) is 2. The van der Waals surface area contributed by atoms with E-state index in [0.717, 1.165) is 0 Å². The number of hydrogen-bond donors (Lipinski definition) is 1. The van der Waals surface area contributed by atoms with Gasteiger partial charge in [-0.05, 0) is 26.0 Å². The first-order valence-corrected chi connectivity index (χ1v) is 6.52. The number of aromatic nitrogens is 2. The Hall–Kier alpha value is -2.01. The average Bonchev–Trinajstić information content (AvgIpc) is 2.80. The highest BCUT2D eigenvalue weighted by molar-refractivity contribution is 6.33. The molecule has 0 saturated heterocycles. The lowest BCUT2D eigenvalue weighted by Crippen LogP contribution is -2.06. The molecule has 0 amide bonds. The monoisotopic (exact) mass is 294 g/mol. The first kappa shape index (κ1) is 14.4. The van der Waals surface area contributed by atoms with Gasteiger partial charge >= 0.3 is 5.97 Å². The van der Waals surface area contributed by atoms with Gasteiger partial charge in [-0.1, -0.05) is 17.7 Å². The van der Waals surface area contributed by atoms with Crippen LogP contribution in [0.4, 0.5) is 0 Å². The van der Waals surface area contributed by atoms with Crippen molar-refractivity contribution in [3.05, 3.63) is 34.6 Å². The second kappa shape index (κ2) is 5.96. The average molecular weight is 295 g/mol. The minimum atomic E-state index is -0.460. The van der Waals surface area contributed by atoms with Crippen LogP contribution in [0.5, 0.6) is 5.75 Å². The van der Waals surface area contributed by atoms with E-state index in [1.165, 1.54) is 0 Å². The summed E-state index contributed by atoms with van der Waals surface area (Å²) in [6.45, 7) is 3.81. The van der Waals surface area contributed by atoms with Crippen molar-refractivity contribution >= 4 is 17.6 Å². The van der Waals surface area contributed by atoms with Crippen molar-refractivity contribution in [1.29, 1.82) is 0 Å². The molecule has 6 heteroatoms. The van der Waals surface area contributed by atoms with E-state index in [1.54, 1.807) is 39.2 Å². The number of rotatable bonds is 4. The molecule has 0 fully saturated rings. The molecule has 0 aliphatic rings. The Morgan fingerprint density at radius 1 is 1.45 bits per heavy atom. The Morgan fingerprint density at radius 2 is 2.20 bits per heavy atom. The summed E-state index contributed by atoms with van der Waals surface area (Å²) in [4.78, 5) is 19.1. The molecule has 0 bridgehead atoms. The molecule has 106 valence electrons. The topological polar surface area (TPSA) is 64.2 Å². The zero-order chi connectivity index (χ0) is 14.7. The molecule has 0 saturated carbocycles. The van der Waals surface area contributed by atoms with E-state index in [2.05, 4.69) is 9.97 Å². The van der Waals surface area contributed by atoms with Gasteiger partial charge in [-0.25, -0.2) is 9.78 Å². The van der Waals surface area contributed by atoms with Gasteiger partial charge < -0.3 is 14.5 Å². The first-order chi connectivity index (χ1) is 9.58. The summed E-state index contributed by atoms with van der Waals surface area (Å²) >= 11 is 6.19. The van der Waals surface area contributed by atoms with Crippen molar-refractivity contribution in [1.82, 2.24) is 9.97 Å². The molecule has 0 aliphatic heterocycles. The number of methoxy groups -OCH3 is 1. The summed E-state index contributed by atoms with van der Waals surface area (Å²) < 4.78 is 10.2. The van der Waals surface area contributed by atoms with Gasteiger partial charge in [-0.2, -0.15) is 0 Å². The summed E-state index contributed by atoms with van der Waals surface area (Å²) in [5, 5.41) is 0.494. The Labute approximate surface area is 121 Å². The van der Waals surface area contributed by atoms with Gasteiger partial charge in [0, 0.05) is 5.69 Å². The Kier molecular flexibility index (Phi) is 4.29. The van der Waals surface area contributed by atoms with Crippen LogP contribution in [-0.4, -0.2) is 29.7 Å². The quantitative estimate of drug-likeness (QED) is 0.879. The fourth-order valence-corrected chi connectivity index (χ4v) is 2.14. The standard InChI is InChI=1S/C14H15ClN2O3/c1-4-20-14(18)12-8(2)16-13(17-12)11-9(15)6-5-7-10(11)19-3/h5-7H,4H2,1-3H3,(H,16,17). The van der Waals surface area contributed by atoms with Crippen LogP contribution in [0.3, 0.4) is 0 Å². The van der Waals surface area contributed by atoms with Crippen LogP contribution in [0.1, 0.15) is 23.1 Å². The van der Waals surface area contributed by atoms with E-state index >= 15 is 0 Å².